The van der Waals surface area contributed by atoms with Gasteiger partial charge in [0.25, 0.3) is 5.91 Å². The minimum atomic E-state index is -4.00. The van der Waals surface area contributed by atoms with Gasteiger partial charge >= 0.3 is 5.97 Å². The first kappa shape index (κ1) is 25.9. The molecule has 1 amide bonds. The highest BCUT2D eigenvalue weighted by molar-refractivity contribution is 7.89. The Morgan fingerprint density at radius 2 is 1.69 bits per heavy atom. The minimum Gasteiger partial charge on any atom is -0.495 e. The standard InChI is InChI=1S/C26H28N2O6S/c1-18-9-8-12-22(19(18)2)27-25(29)17-34-26(30)21-13-14-23(33-4)24(15-21)35(31,32)28(3)16-20-10-6-5-7-11-20/h5-15H,16-17H2,1-4H3,(H,27,29). The molecule has 3 rings (SSSR count). The topological polar surface area (TPSA) is 102 Å². The van der Waals surface area contributed by atoms with Crippen LogP contribution in [0, 0.1) is 13.8 Å². The quantitative estimate of drug-likeness (QED) is 0.451. The second-order valence-corrected chi connectivity index (χ2v) is 10.00. The largest absolute Gasteiger partial charge is 0.495 e. The van der Waals surface area contributed by atoms with E-state index in [0.29, 0.717) is 5.69 Å². The van der Waals surface area contributed by atoms with Gasteiger partial charge in [-0.1, -0.05) is 42.5 Å². The molecule has 0 aliphatic carbocycles. The van der Waals surface area contributed by atoms with E-state index in [-0.39, 0.29) is 22.8 Å². The molecule has 0 aliphatic rings. The number of carbonyl (C=O) groups is 2. The van der Waals surface area contributed by atoms with Crippen molar-refractivity contribution in [1.29, 1.82) is 0 Å². The summed E-state index contributed by atoms with van der Waals surface area (Å²) in [7, 11) is -1.20. The highest BCUT2D eigenvalue weighted by Crippen LogP contribution is 2.28. The number of hydrogen-bond acceptors (Lipinski definition) is 6. The summed E-state index contributed by atoms with van der Waals surface area (Å²) in [5.74, 6) is -1.24. The van der Waals surface area contributed by atoms with Gasteiger partial charge in [-0.2, -0.15) is 4.31 Å². The molecule has 0 bridgehead atoms. The summed E-state index contributed by atoms with van der Waals surface area (Å²) < 4.78 is 38.0. The summed E-state index contributed by atoms with van der Waals surface area (Å²) in [6.07, 6.45) is 0. The maximum Gasteiger partial charge on any atom is 0.338 e. The van der Waals surface area contributed by atoms with Crippen LogP contribution in [0.3, 0.4) is 0 Å². The van der Waals surface area contributed by atoms with Gasteiger partial charge in [0.05, 0.1) is 12.7 Å². The number of rotatable bonds is 9. The highest BCUT2D eigenvalue weighted by Gasteiger charge is 2.27. The monoisotopic (exact) mass is 496 g/mol. The van der Waals surface area contributed by atoms with Gasteiger partial charge in [0.2, 0.25) is 10.0 Å². The van der Waals surface area contributed by atoms with Gasteiger partial charge in [-0.15, -0.1) is 0 Å². The number of benzene rings is 3. The number of hydrogen-bond donors (Lipinski definition) is 1. The summed E-state index contributed by atoms with van der Waals surface area (Å²) in [6, 6.07) is 18.6. The van der Waals surface area contributed by atoms with E-state index in [1.807, 2.05) is 56.3 Å². The molecular formula is C26H28N2O6S. The summed E-state index contributed by atoms with van der Waals surface area (Å²) >= 11 is 0. The van der Waals surface area contributed by atoms with Crippen molar-refractivity contribution < 1.29 is 27.5 Å². The van der Waals surface area contributed by atoms with E-state index in [1.165, 1.54) is 36.7 Å². The molecule has 0 radical (unpaired) electrons. The third kappa shape index (κ3) is 6.26. The molecule has 0 heterocycles. The molecule has 0 atom stereocenters. The lowest BCUT2D eigenvalue weighted by Crippen LogP contribution is -2.27. The maximum atomic E-state index is 13.2. The van der Waals surface area contributed by atoms with Gasteiger partial charge in [0, 0.05) is 19.3 Å². The summed E-state index contributed by atoms with van der Waals surface area (Å²) in [5, 5.41) is 2.71. The first-order chi connectivity index (χ1) is 16.6. The maximum absolute atomic E-state index is 13.2. The molecule has 1 N–H and O–H groups in total. The Kier molecular flexibility index (Phi) is 8.26. The molecular weight excluding hydrogens is 468 g/mol. The first-order valence-corrected chi connectivity index (χ1v) is 12.3. The average molecular weight is 497 g/mol. The van der Waals surface area contributed by atoms with Crippen LogP contribution in [0.2, 0.25) is 0 Å². The van der Waals surface area contributed by atoms with Crippen molar-refractivity contribution >= 4 is 27.6 Å². The molecule has 0 aliphatic heterocycles. The Morgan fingerprint density at radius 3 is 2.37 bits per heavy atom. The molecule has 0 unspecified atom stereocenters. The average Bonchev–Trinajstić information content (AvgIpc) is 2.85. The Labute approximate surface area is 205 Å². The Bertz CT molecular complexity index is 1320. The predicted octanol–water partition coefficient (Wildman–Crippen LogP) is 3.93. The van der Waals surface area contributed by atoms with Crippen LogP contribution in [-0.4, -0.2) is 45.4 Å². The molecule has 0 aromatic heterocycles. The zero-order valence-corrected chi connectivity index (χ0v) is 20.9. The van der Waals surface area contributed by atoms with Crippen molar-refractivity contribution in [3.8, 4) is 5.75 Å². The molecule has 0 spiro atoms. The van der Waals surface area contributed by atoms with Gasteiger partial charge in [-0.3, -0.25) is 4.79 Å². The molecule has 0 saturated heterocycles. The third-order valence-corrected chi connectivity index (χ3v) is 7.37. The van der Waals surface area contributed by atoms with Gasteiger partial charge in [0.1, 0.15) is 10.6 Å². The lowest BCUT2D eigenvalue weighted by molar-refractivity contribution is -0.119. The van der Waals surface area contributed by atoms with Gasteiger partial charge in [-0.05, 0) is 54.8 Å². The number of methoxy groups -OCH3 is 1. The Morgan fingerprint density at radius 1 is 0.971 bits per heavy atom. The zero-order valence-electron chi connectivity index (χ0n) is 20.1. The van der Waals surface area contributed by atoms with E-state index in [4.69, 9.17) is 9.47 Å². The van der Waals surface area contributed by atoms with Crippen LogP contribution in [0.25, 0.3) is 0 Å². The second-order valence-electron chi connectivity index (χ2n) is 7.98. The van der Waals surface area contributed by atoms with Gasteiger partial charge in [0.15, 0.2) is 6.61 Å². The number of esters is 1. The van der Waals surface area contributed by atoms with Crippen molar-refractivity contribution in [2.45, 2.75) is 25.3 Å². The summed E-state index contributed by atoms with van der Waals surface area (Å²) in [4.78, 5) is 24.7. The third-order valence-electron chi connectivity index (χ3n) is 5.55. The van der Waals surface area contributed by atoms with E-state index >= 15 is 0 Å². The van der Waals surface area contributed by atoms with Crippen molar-refractivity contribution in [3.05, 3.63) is 89.0 Å². The first-order valence-electron chi connectivity index (χ1n) is 10.8. The number of nitrogens with one attached hydrogen (secondary N) is 1. The van der Waals surface area contributed by atoms with Crippen molar-refractivity contribution in [2.24, 2.45) is 0 Å². The number of anilines is 1. The van der Waals surface area contributed by atoms with Crippen molar-refractivity contribution in [2.75, 3.05) is 26.1 Å². The summed E-state index contributed by atoms with van der Waals surface area (Å²) in [5.41, 5.74) is 3.35. The lowest BCUT2D eigenvalue weighted by Gasteiger charge is -2.19. The fraction of sp³-hybridized carbons (Fsp3) is 0.231. The molecule has 0 saturated carbocycles. The fourth-order valence-corrected chi connectivity index (χ4v) is 4.72. The highest BCUT2D eigenvalue weighted by atomic mass is 32.2. The van der Waals surface area contributed by atoms with Crippen LogP contribution in [0.5, 0.6) is 5.75 Å². The number of aryl methyl sites for hydroxylation is 1. The molecule has 3 aromatic carbocycles. The van der Waals surface area contributed by atoms with Crippen LogP contribution < -0.4 is 10.1 Å². The van der Waals surface area contributed by atoms with Gasteiger partial charge in [-0.25, -0.2) is 13.2 Å². The smallest absolute Gasteiger partial charge is 0.338 e. The van der Waals surface area contributed by atoms with E-state index < -0.39 is 28.5 Å². The normalized spacial score (nSPS) is 11.2. The molecule has 3 aromatic rings. The number of nitrogens with zero attached hydrogens (tertiary/aromatic N) is 1. The van der Waals surface area contributed by atoms with E-state index in [0.717, 1.165) is 16.7 Å². The van der Waals surface area contributed by atoms with E-state index in [9.17, 15) is 18.0 Å². The minimum absolute atomic E-state index is 0.0166. The second kappa shape index (κ2) is 11.2. The zero-order chi connectivity index (χ0) is 25.6. The van der Waals surface area contributed by atoms with Crippen LogP contribution in [0.1, 0.15) is 27.0 Å². The Hall–Kier alpha value is -3.69. The van der Waals surface area contributed by atoms with Gasteiger partial charge < -0.3 is 14.8 Å². The molecule has 0 fully saturated rings. The number of carbonyl (C=O) groups excluding carboxylic acids is 2. The molecule has 35 heavy (non-hydrogen) atoms. The number of sulfonamides is 1. The summed E-state index contributed by atoms with van der Waals surface area (Å²) in [6.45, 7) is 3.43. The van der Waals surface area contributed by atoms with E-state index in [2.05, 4.69) is 5.32 Å². The molecule has 184 valence electrons. The SMILES string of the molecule is COc1ccc(C(=O)OCC(=O)Nc2cccc(C)c2C)cc1S(=O)(=O)N(C)Cc1ccccc1. The predicted molar refractivity (Wildman–Crippen MR) is 133 cm³/mol. The Balaban J connectivity index is 1.74. The molecule has 9 heteroatoms. The van der Waals surface area contributed by atoms with Crippen LogP contribution in [0.15, 0.2) is 71.6 Å². The van der Waals surface area contributed by atoms with Crippen LogP contribution in [0.4, 0.5) is 5.69 Å². The number of amides is 1. The van der Waals surface area contributed by atoms with Crippen molar-refractivity contribution in [1.82, 2.24) is 4.31 Å². The fourth-order valence-electron chi connectivity index (χ4n) is 3.39. The van der Waals surface area contributed by atoms with Crippen LogP contribution in [-0.2, 0) is 26.1 Å². The van der Waals surface area contributed by atoms with Crippen molar-refractivity contribution in [3.63, 3.8) is 0 Å². The molecule has 8 nitrogen and oxygen atoms in total. The van der Waals surface area contributed by atoms with Crippen LogP contribution >= 0.6 is 0 Å². The lowest BCUT2D eigenvalue weighted by atomic mass is 10.1. The number of ether oxygens (including phenoxy) is 2. The van der Waals surface area contributed by atoms with E-state index in [1.54, 1.807) is 6.07 Å².